The van der Waals surface area contributed by atoms with Crippen LogP contribution in [0.2, 0.25) is 0 Å². The lowest BCUT2D eigenvalue weighted by Gasteiger charge is -2.35. The van der Waals surface area contributed by atoms with Crippen molar-refractivity contribution < 1.29 is 9.59 Å². The quantitative estimate of drug-likeness (QED) is 0.873. The monoisotopic (exact) mass is 252 g/mol. The molecule has 2 heterocycles. The van der Waals surface area contributed by atoms with E-state index in [-0.39, 0.29) is 24.4 Å². The first-order valence-corrected chi connectivity index (χ1v) is 6.58. The molecule has 2 unspecified atom stereocenters. The Hall–Kier alpha value is -1.36. The van der Waals surface area contributed by atoms with Gasteiger partial charge >= 0.3 is 0 Å². The number of thiophene rings is 1. The lowest BCUT2D eigenvalue weighted by Crippen LogP contribution is -2.59. The standard InChI is InChI=1S/C12H16N2O2S/c1-8(6-10-4-3-5-17-10)14-7-11(15)13-9(2)12(14)16/h3-5,8-9H,6-7H2,1-2H3,(H,13,15). The molecule has 1 aliphatic heterocycles. The smallest absolute Gasteiger partial charge is 0.245 e. The number of hydrogen-bond donors (Lipinski definition) is 1. The lowest BCUT2D eigenvalue weighted by molar-refractivity contribution is -0.145. The summed E-state index contributed by atoms with van der Waals surface area (Å²) >= 11 is 1.68. The molecule has 17 heavy (non-hydrogen) atoms. The maximum atomic E-state index is 12.0. The molecule has 92 valence electrons. The highest BCUT2D eigenvalue weighted by Crippen LogP contribution is 2.16. The number of piperazine rings is 1. The summed E-state index contributed by atoms with van der Waals surface area (Å²) in [5.74, 6) is -0.0659. The second-order valence-electron chi connectivity index (χ2n) is 4.39. The summed E-state index contributed by atoms with van der Waals surface area (Å²) in [5.41, 5.74) is 0. The number of rotatable bonds is 3. The van der Waals surface area contributed by atoms with Gasteiger partial charge < -0.3 is 10.2 Å². The predicted octanol–water partition coefficient (Wildman–Crippen LogP) is 1.03. The zero-order chi connectivity index (χ0) is 12.4. The Morgan fingerprint density at radius 3 is 3.00 bits per heavy atom. The molecule has 1 N–H and O–H groups in total. The van der Waals surface area contributed by atoms with Crippen molar-refractivity contribution in [3.63, 3.8) is 0 Å². The summed E-state index contributed by atoms with van der Waals surface area (Å²) in [6.07, 6.45) is 0.809. The maximum Gasteiger partial charge on any atom is 0.245 e. The van der Waals surface area contributed by atoms with Crippen molar-refractivity contribution in [1.29, 1.82) is 0 Å². The van der Waals surface area contributed by atoms with Crippen LogP contribution in [-0.2, 0) is 16.0 Å². The highest BCUT2D eigenvalue weighted by Gasteiger charge is 2.32. The molecule has 2 rings (SSSR count). The van der Waals surface area contributed by atoms with Crippen LogP contribution < -0.4 is 5.32 Å². The Balaban J connectivity index is 2.04. The van der Waals surface area contributed by atoms with Crippen LogP contribution in [0, 0.1) is 0 Å². The van der Waals surface area contributed by atoms with Crippen molar-refractivity contribution in [3.05, 3.63) is 22.4 Å². The second-order valence-corrected chi connectivity index (χ2v) is 5.42. The normalized spacial score (nSPS) is 22.5. The molecule has 1 fully saturated rings. The van der Waals surface area contributed by atoms with E-state index in [4.69, 9.17) is 0 Å². The van der Waals surface area contributed by atoms with Gasteiger partial charge in [0.15, 0.2) is 0 Å². The molecule has 1 aromatic heterocycles. The molecular weight excluding hydrogens is 236 g/mol. The number of amides is 2. The van der Waals surface area contributed by atoms with E-state index >= 15 is 0 Å². The third-order valence-electron chi connectivity index (χ3n) is 2.95. The molecule has 0 aromatic carbocycles. The second kappa shape index (κ2) is 4.87. The Labute approximate surface area is 105 Å². The van der Waals surface area contributed by atoms with E-state index in [9.17, 15) is 9.59 Å². The van der Waals surface area contributed by atoms with Crippen molar-refractivity contribution in [2.45, 2.75) is 32.4 Å². The number of nitrogens with one attached hydrogen (secondary N) is 1. The van der Waals surface area contributed by atoms with Gasteiger partial charge in [-0.25, -0.2) is 0 Å². The first kappa shape index (κ1) is 12.1. The number of nitrogens with zero attached hydrogens (tertiary/aromatic N) is 1. The van der Waals surface area contributed by atoms with Crippen LogP contribution in [0.25, 0.3) is 0 Å². The van der Waals surface area contributed by atoms with Crippen molar-refractivity contribution in [3.8, 4) is 0 Å². The van der Waals surface area contributed by atoms with Gasteiger partial charge in [0.05, 0.1) is 6.54 Å². The SMILES string of the molecule is CC1NC(=O)CN(C(C)Cc2cccs2)C1=O. The third kappa shape index (κ3) is 2.66. The topological polar surface area (TPSA) is 49.4 Å². The number of carbonyl (C=O) groups is 2. The zero-order valence-corrected chi connectivity index (χ0v) is 10.8. The van der Waals surface area contributed by atoms with Gasteiger partial charge in [-0.3, -0.25) is 9.59 Å². The largest absolute Gasteiger partial charge is 0.343 e. The fourth-order valence-corrected chi connectivity index (χ4v) is 2.86. The lowest BCUT2D eigenvalue weighted by atomic mass is 10.1. The Kier molecular flexibility index (Phi) is 3.47. The highest BCUT2D eigenvalue weighted by molar-refractivity contribution is 7.09. The minimum absolute atomic E-state index is 0.00801. The first-order valence-electron chi connectivity index (χ1n) is 5.70. The average molecular weight is 252 g/mol. The Morgan fingerprint density at radius 2 is 2.35 bits per heavy atom. The van der Waals surface area contributed by atoms with Gasteiger partial charge in [0, 0.05) is 17.3 Å². The fourth-order valence-electron chi connectivity index (χ4n) is 2.03. The number of carbonyl (C=O) groups excluding carboxylic acids is 2. The molecule has 1 aliphatic rings. The summed E-state index contributed by atoms with van der Waals surface area (Å²) in [7, 11) is 0. The summed E-state index contributed by atoms with van der Waals surface area (Å²) < 4.78 is 0. The van der Waals surface area contributed by atoms with E-state index < -0.39 is 6.04 Å². The highest BCUT2D eigenvalue weighted by atomic mass is 32.1. The average Bonchev–Trinajstić information content (AvgIpc) is 2.76. The van der Waals surface area contributed by atoms with Crippen LogP contribution >= 0.6 is 11.3 Å². The summed E-state index contributed by atoms with van der Waals surface area (Å²) in [6.45, 7) is 3.89. The van der Waals surface area contributed by atoms with Gasteiger partial charge in [0.2, 0.25) is 11.8 Å². The third-order valence-corrected chi connectivity index (χ3v) is 3.85. The van der Waals surface area contributed by atoms with E-state index in [1.54, 1.807) is 23.2 Å². The van der Waals surface area contributed by atoms with Gasteiger partial charge in [0.25, 0.3) is 0 Å². The van der Waals surface area contributed by atoms with Crippen LogP contribution in [-0.4, -0.2) is 35.3 Å². The van der Waals surface area contributed by atoms with Crippen LogP contribution in [0.5, 0.6) is 0 Å². The van der Waals surface area contributed by atoms with Crippen LogP contribution in [0.1, 0.15) is 18.7 Å². The molecule has 0 aliphatic carbocycles. The van der Waals surface area contributed by atoms with Gasteiger partial charge in [-0.2, -0.15) is 0 Å². The Morgan fingerprint density at radius 1 is 1.59 bits per heavy atom. The molecule has 0 saturated carbocycles. The first-order chi connectivity index (χ1) is 8.08. The molecule has 2 amide bonds. The molecule has 0 bridgehead atoms. The maximum absolute atomic E-state index is 12.0. The van der Waals surface area contributed by atoms with E-state index in [1.807, 2.05) is 18.4 Å². The van der Waals surface area contributed by atoms with Gasteiger partial charge in [0.1, 0.15) is 6.04 Å². The van der Waals surface area contributed by atoms with E-state index in [0.29, 0.717) is 0 Å². The van der Waals surface area contributed by atoms with Crippen molar-refractivity contribution in [2.75, 3.05) is 6.54 Å². The molecule has 1 saturated heterocycles. The van der Waals surface area contributed by atoms with Crippen molar-refractivity contribution >= 4 is 23.2 Å². The Bertz CT molecular complexity index is 416. The predicted molar refractivity (Wildman–Crippen MR) is 66.8 cm³/mol. The van der Waals surface area contributed by atoms with E-state index in [0.717, 1.165) is 6.42 Å². The van der Waals surface area contributed by atoms with Gasteiger partial charge in [-0.15, -0.1) is 11.3 Å². The van der Waals surface area contributed by atoms with Crippen LogP contribution in [0.3, 0.4) is 0 Å². The molecule has 0 radical (unpaired) electrons. The van der Waals surface area contributed by atoms with Gasteiger partial charge in [-0.1, -0.05) is 6.07 Å². The summed E-state index contributed by atoms with van der Waals surface area (Å²) in [4.78, 5) is 26.3. The van der Waals surface area contributed by atoms with E-state index in [1.165, 1.54) is 4.88 Å². The summed E-state index contributed by atoms with van der Waals surface area (Å²) in [6, 6.07) is 3.72. The van der Waals surface area contributed by atoms with E-state index in [2.05, 4.69) is 11.4 Å². The molecule has 4 nitrogen and oxygen atoms in total. The summed E-state index contributed by atoms with van der Waals surface area (Å²) in [5, 5.41) is 4.67. The van der Waals surface area contributed by atoms with Crippen LogP contribution in [0.4, 0.5) is 0 Å². The fraction of sp³-hybridized carbons (Fsp3) is 0.500. The molecular formula is C12H16N2O2S. The molecule has 0 spiro atoms. The van der Waals surface area contributed by atoms with Gasteiger partial charge in [-0.05, 0) is 25.3 Å². The number of hydrogen-bond acceptors (Lipinski definition) is 3. The molecule has 1 aromatic rings. The van der Waals surface area contributed by atoms with Crippen molar-refractivity contribution in [1.82, 2.24) is 10.2 Å². The zero-order valence-electron chi connectivity index (χ0n) is 9.97. The minimum Gasteiger partial charge on any atom is -0.343 e. The molecule has 2 atom stereocenters. The van der Waals surface area contributed by atoms with Crippen LogP contribution in [0.15, 0.2) is 17.5 Å². The molecule has 5 heteroatoms. The van der Waals surface area contributed by atoms with Crippen molar-refractivity contribution in [2.24, 2.45) is 0 Å². The minimum atomic E-state index is -0.401.